The number of hydrogen-bond donors (Lipinski definition) is 2. The molecule has 3 N–H and O–H groups in total. The molecular formula is C12H18N2O. The highest BCUT2D eigenvalue weighted by molar-refractivity contribution is 5.45. The minimum absolute atomic E-state index is 0.0698. The summed E-state index contributed by atoms with van der Waals surface area (Å²) in [6, 6.07) is 10.2. The third kappa shape index (κ3) is 2.49. The first-order valence-corrected chi connectivity index (χ1v) is 5.46. The molecule has 15 heavy (non-hydrogen) atoms. The Kier molecular flexibility index (Phi) is 3.23. The van der Waals surface area contributed by atoms with Crippen LogP contribution in [0.25, 0.3) is 0 Å². The Hall–Kier alpha value is -1.06. The van der Waals surface area contributed by atoms with Gasteiger partial charge < -0.3 is 15.8 Å². The predicted molar refractivity (Wildman–Crippen MR) is 61.9 cm³/mol. The lowest BCUT2D eigenvalue weighted by atomic mass is 9.92. The summed E-state index contributed by atoms with van der Waals surface area (Å²) in [6.07, 6.45) is 2.16. The Balaban J connectivity index is 2.07. The quantitative estimate of drug-likeness (QED) is 0.789. The summed E-state index contributed by atoms with van der Waals surface area (Å²) >= 11 is 0. The Morgan fingerprint density at radius 1 is 1.33 bits per heavy atom. The lowest BCUT2D eigenvalue weighted by Crippen LogP contribution is -2.51. The van der Waals surface area contributed by atoms with E-state index in [1.54, 1.807) is 0 Å². The molecule has 1 heterocycles. The highest BCUT2D eigenvalue weighted by Crippen LogP contribution is 2.23. The molecule has 0 bridgehead atoms. The van der Waals surface area contributed by atoms with E-state index < -0.39 is 0 Å². The van der Waals surface area contributed by atoms with Crippen LogP contribution in [0.3, 0.4) is 0 Å². The van der Waals surface area contributed by atoms with E-state index in [9.17, 15) is 0 Å². The van der Waals surface area contributed by atoms with Crippen LogP contribution in [0.4, 0.5) is 5.69 Å². The van der Waals surface area contributed by atoms with Crippen LogP contribution in [0.5, 0.6) is 0 Å². The second-order valence-electron chi connectivity index (χ2n) is 4.13. The van der Waals surface area contributed by atoms with Gasteiger partial charge in [-0.2, -0.15) is 0 Å². The Labute approximate surface area is 90.6 Å². The van der Waals surface area contributed by atoms with Gasteiger partial charge in [-0.1, -0.05) is 18.2 Å². The van der Waals surface area contributed by atoms with Gasteiger partial charge in [0.1, 0.15) is 0 Å². The van der Waals surface area contributed by atoms with Gasteiger partial charge in [0.05, 0.1) is 12.1 Å². The Bertz CT molecular complexity index is 294. The Morgan fingerprint density at radius 3 is 2.73 bits per heavy atom. The van der Waals surface area contributed by atoms with E-state index in [1.807, 2.05) is 18.2 Å². The van der Waals surface area contributed by atoms with Gasteiger partial charge in [-0.05, 0) is 25.0 Å². The molecule has 1 aliphatic rings. The van der Waals surface area contributed by atoms with Gasteiger partial charge in [0.15, 0.2) is 0 Å². The fourth-order valence-corrected chi connectivity index (χ4v) is 1.99. The first kappa shape index (κ1) is 10.5. The molecule has 1 aliphatic heterocycles. The molecule has 1 atom stereocenters. The third-order valence-corrected chi connectivity index (χ3v) is 2.90. The summed E-state index contributed by atoms with van der Waals surface area (Å²) < 4.78 is 5.51. The van der Waals surface area contributed by atoms with Gasteiger partial charge >= 0.3 is 0 Å². The Morgan fingerprint density at radius 2 is 2.13 bits per heavy atom. The number of nitrogens with two attached hydrogens (primary N) is 1. The zero-order valence-electron chi connectivity index (χ0n) is 8.91. The molecule has 2 rings (SSSR count). The molecule has 0 radical (unpaired) electrons. The summed E-state index contributed by atoms with van der Waals surface area (Å²) in [5.74, 6) is 0. The van der Waals surface area contributed by atoms with Gasteiger partial charge in [0.2, 0.25) is 0 Å². The molecular weight excluding hydrogens is 188 g/mol. The van der Waals surface area contributed by atoms with Crippen molar-refractivity contribution < 1.29 is 4.74 Å². The van der Waals surface area contributed by atoms with Crippen molar-refractivity contribution >= 4 is 5.69 Å². The number of ether oxygens (including phenoxy) is 1. The number of rotatable bonds is 3. The van der Waals surface area contributed by atoms with E-state index in [0.29, 0.717) is 13.2 Å². The molecule has 1 fully saturated rings. The summed E-state index contributed by atoms with van der Waals surface area (Å²) in [4.78, 5) is 0. The molecule has 3 heteroatoms. The maximum Gasteiger partial charge on any atom is 0.0729 e. The normalized spacial score (nSPS) is 26.2. The standard InChI is InChI=1S/C12H18N2O/c13-9-12(7-4-8-15-10-12)14-11-5-2-1-3-6-11/h1-3,5-6,14H,4,7-10,13H2. The molecule has 1 aromatic carbocycles. The van der Waals surface area contributed by atoms with E-state index >= 15 is 0 Å². The lowest BCUT2D eigenvalue weighted by molar-refractivity contribution is 0.0502. The van der Waals surface area contributed by atoms with Crippen molar-refractivity contribution in [1.29, 1.82) is 0 Å². The number of nitrogens with one attached hydrogen (secondary N) is 1. The van der Waals surface area contributed by atoms with E-state index in [4.69, 9.17) is 10.5 Å². The summed E-state index contributed by atoms with van der Waals surface area (Å²) in [6.45, 7) is 2.18. The van der Waals surface area contributed by atoms with Gasteiger partial charge in [-0.3, -0.25) is 0 Å². The zero-order valence-corrected chi connectivity index (χ0v) is 8.91. The second-order valence-corrected chi connectivity index (χ2v) is 4.13. The van der Waals surface area contributed by atoms with Gasteiger partial charge in [-0.25, -0.2) is 0 Å². The number of anilines is 1. The molecule has 1 unspecified atom stereocenters. The molecule has 0 saturated carbocycles. The van der Waals surface area contributed by atoms with Crippen LogP contribution in [0, 0.1) is 0 Å². The van der Waals surface area contributed by atoms with Crippen molar-refractivity contribution in [3.8, 4) is 0 Å². The topological polar surface area (TPSA) is 47.3 Å². The maximum absolute atomic E-state index is 5.84. The molecule has 1 saturated heterocycles. The van der Waals surface area contributed by atoms with Crippen LogP contribution >= 0.6 is 0 Å². The average molecular weight is 206 g/mol. The predicted octanol–water partition coefficient (Wildman–Crippen LogP) is 1.61. The molecule has 0 aliphatic carbocycles. The zero-order chi connectivity index (χ0) is 10.6. The first-order valence-electron chi connectivity index (χ1n) is 5.46. The number of benzene rings is 1. The van der Waals surface area contributed by atoms with E-state index in [-0.39, 0.29) is 5.54 Å². The largest absolute Gasteiger partial charge is 0.379 e. The smallest absolute Gasteiger partial charge is 0.0729 e. The monoisotopic (exact) mass is 206 g/mol. The summed E-state index contributed by atoms with van der Waals surface area (Å²) in [7, 11) is 0. The van der Waals surface area contributed by atoms with Crippen molar-refractivity contribution in [2.75, 3.05) is 25.1 Å². The van der Waals surface area contributed by atoms with Crippen LogP contribution in [0.1, 0.15) is 12.8 Å². The van der Waals surface area contributed by atoms with E-state index in [0.717, 1.165) is 25.1 Å². The van der Waals surface area contributed by atoms with Gasteiger partial charge in [0, 0.05) is 18.8 Å². The van der Waals surface area contributed by atoms with Crippen LogP contribution in [-0.2, 0) is 4.74 Å². The highest BCUT2D eigenvalue weighted by Gasteiger charge is 2.31. The lowest BCUT2D eigenvalue weighted by Gasteiger charge is -2.37. The number of hydrogen-bond acceptors (Lipinski definition) is 3. The summed E-state index contributed by atoms with van der Waals surface area (Å²) in [5, 5.41) is 3.49. The van der Waals surface area contributed by atoms with E-state index in [1.165, 1.54) is 0 Å². The SMILES string of the molecule is NCC1(Nc2ccccc2)CCCOC1. The third-order valence-electron chi connectivity index (χ3n) is 2.90. The van der Waals surface area contributed by atoms with Crippen LogP contribution in [0.15, 0.2) is 30.3 Å². The fraction of sp³-hybridized carbons (Fsp3) is 0.500. The molecule has 0 amide bonds. The van der Waals surface area contributed by atoms with Crippen molar-refractivity contribution in [3.05, 3.63) is 30.3 Å². The fourth-order valence-electron chi connectivity index (χ4n) is 1.99. The molecule has 0 aromatic heterocycles. The van der Waals surface area contributed by atoms with Crippen molar-refractivity contribution in [2.45, 2.75) is 18.4 Å². The maximum atomic E-state index is 5.84. The molecule has 0 spiro atoms. The van der Waals surface area contributed by atoms with Crippen LogP contribution in [0.2, 0.25) is 0 Å². The minimum Gasteiger partial charge on any atom is -0.379 e. The van der Waals surface area contributed by atoms with E-state index in [2.05, 4.69) is 17.4 Å². The first-order chi connectivity index (χ1) is 7.35. The number of para-hydroxylation sites is 1. The minimum atomic E-state index is -0.0698. The van der Waals surface area contributed by atoms with Gasteiger partial charge in [0.25, 0.3) is 0 Å². The second kappa shape index (κ2) is 4.64. The van der Waals surface area contributed by atoms with Crippen molar-refractivity contribution in [2.24, 2.45) is 5.73 Å². The average Bonchev–Trinajstić information content (AvgIpc) is 2.32. The molecule has 3 nitrogen and oxygen atoms in total. The summed E-state index contributed by atoms with van der Waals surface area (Å²) in [5.41, 5.74) is 6.89. The van der Waals surface area contributed by atoms with Crippen LogP contribution < -0.4 is 11.1 Å². The molecule has 1 aromatic rings. The van der Waals surface area contributed by atoms with Crippen LogP contribution in [-0.4, -0.2) is 25.3 Å². The highest BCUT2D eigenvalue weighted by atomic mass is 16.5. The molecule has 82 valence electrons. The van der Waals surface area contributed by atoms with Crippen molar-refractivity contribution in [3.63, 3.8) is 0 Å². The van der Waals surface area contributed by atoms with Gasteiger partial charge in [-0.15, -0.1) is 0 Å². The van der Waals surface area contributed by atoms with Crippen molar-refractivity contribution in [1.82, 2.24) is 0 Å².